The van der Waals surface area contributed by atoms with Crippen molar-refractivity contribution in [3.63, 3.8) is 0 Å². The van der Waals surface area contributed by atoms with Crippen molar-refractivity contribution in [3.05, 3.63) is 203 Å². The Bertz CT molecular complexity index is 2550. The molecule has 0 aromatic heterocycles. The zero-order valence-electron chi connectivity index (χ0n) is 37.2. The Labute approximate surface area is 434 Å². The molecule has 337 valence electrons. The molecule has 0 heterocycles. The van der Waals surface area contributed by atoms with Gasteiger partial charge in [-0.2, -0.15) is 5.10 Å². The van der Waals surface area contributed by atoms with E-state index < -0.39 is 21.4 Å². The van der Waals surface area contributed by atoms with Crippen LogP contribution in [0.3, 0.4) is 0 Å². The van der Waals surface area contributed by atoms with Crippen molar-refractivity contribution in [3.8, 4) is 0 Å². The third-order valence-corrected chi connectivity index (χ3v) is 9.00. The number of aliphatic hydroxyl groups is 1. The number of hydrazine groups is 2. The van der Waals surface area contributed by atoms with E-state index in [4.69, 9.17) is 22.8 Å². The number of nitrogen functional groups attached to an aromatic ring is 1. The standard InChI is InChI=1S/C15H15FN2O.C15H13FN2O.C8H10N2O.C7H7FO4S.CN.B.2Na/c2*1-11(19)13-4-8-15(9-5-13)18-17-10-12-2-6-14(16)7-3-12;1-6(11)7-2-4-8(10-9)5-3-7;8-6-3-1-5(2-4-6)7(9)13(10,11)12;1-2;;;/h2-9,17-18H,10H2,1H3;2-10,18H,1H3;2-5,10H,9H2,1H3;1-4,7,9H,(H,10,11,12);;;;/q;;;;-1;;2*+1/p-1/b;17-10+;;;;;;. The van der Waals surface area contributed by atoms with Crippen LogP contribution in [0.1, 0.15) is 74.0 Å². The maximum atomic E-state index is 12.7. The molecule has 0 spiro atoms. The molecule has 1 atom stereocenters. The van der Waals surface area contributed by atoms with Crippen LogP contribution in [0.25, 0.3) is 0 Å². The van der Waals surface area contributed by atoms with Crippen LogP contribution in [0.4, 0.5) is 30.2 Å². The van der Waals surface area contributed by atoms with Gasteiger partial charge in [-0.3, -0.25) is 25.7 Å². The van der Waals surface area contributed by atoms with E-state index in [-0.39, 0.29) is 102 Å². The Kier molecular flexibility index (Phi) is 32.2. The monoisotopic (exact) mass is 952 g/mol. The molecule has 6 rings (SSSR count). The number of nitrogens with two attached hydrogens (primary N) is 1. The predicted octanol–water partition coefficient (Wildman–Crippen LogP) is 1.88. The molecule has 0 aliphatic carbocycles. The van der Waals surface area contributed by atoms with Crippen molar-refractivity contribution in [2.45, 2.75) is 32.8 Å². The van der Waals surface area contributed by atoms with E-state index in [2.05, 4.69) is 26.8 Å². The van der Waals surface area contributed by atoms with Gasteiger partial charge in [0.2, 0.25) is 0 Å². The van der Waals surface area contributed by atoms with E-state index in [0.29, 0.717) is 23.2 Å². The minimum atomic E-state index is -4.79. The Morgan fingerprint density at radius 1 is 0.657 bits per heavy atom. The molecule has 0 aliphatic rings. The number of halogens is 3. The summed E-state index contributed by atoms with van der Waals surface area (Å²) in [6, 6.07) is 37.5. The fraction of sp³-hybridized carbons (Fsp3) is 0.109. The molecule has 7 N–H and O–H groups in total. The topological polar surface area (TPSA) is 239 Å². The van der Waals surface area contributed by atoms with Gasteiger partial charge in [-0.25, -0.2) is 27.0 Å². The van der Waals surface area contributed by atoms with E-state index in [1.54, 1.807) is 91.1 Å². The maximum absolute atomic E-state index is 12.7. The first-order valence-corrected chi connectivity index (χ1v) is 20.1. The number of hydrazone groups is 1. The molecule has 0 saturated heterocycles. The van der Waals surface area contributed by atoms with Gasteiger partial charge < -0.3 is 32.3 Å². The van der Waals surface area contributed by atoms with Crippen LogP contribution < -0.4 is 86.7 Å². The molecule has 1 unspecified atom stereocenters. The van der Waals surface area contributed by atoms with Crippen LogP contribution in [0.15, 0.2) is 151 Å². The van der Waals surface area contributed by atoms with Gasteiger partial charge >= 0.3 is 59.1 Å². The fourth-order valence-corrected chi connectivity index (χ4v) is 5.23. The van der Waals surface area contributed by atoms with Gasteiger partial charge in [0, 0.05) is 43.0 Å². The molecule has 0 aliphatic heterocycles. The SMILES string of the molecule is CC(=O)c1ccc(N/N=C/c2ccc(F)cc2)cc1.CC(=O)c1ccc(NN)cc1.CC(=O)c1ccc(NNCc2ccc(F)cc2)cc1.O=S(=O)([O-])C(O)c1ccc(F)cc1.[B].[C-]#N.[Na+].[Na+]. The Balaban J connectivity index is 0. The van der Waals surface area contributed by atoms with Crippen molar-refractivity contribution < 1.29 is 105 Å². The quantitative estimate of drug-likeness (QED) is 0.0185. The molecule has 21 heteroatoms. The number of aliphatic hydroxyl groups excluding tert-OH is 1. The van der Waals surface area contributed by atoms with Crippen LogP contribution in [0.5, 0.6) is 0 Å². The molecule has 0 fully saturated rings. The smallest absolute Gasteiger partial charge is 0.746 e. The first-order valence-electron chi connectivity index (χ1n) is 18.6. The number of hydrogen-bond acceptors (Lipinski definition) is 14. The summed E-state index contributed by atoms with van der Waals surface area (Å²) in [5.41, 5.74) is 15.4. The normalized spacial score (nSPS) is 10.2. The summed E-state index contributed by atoms with van der Waals surface area (Å²) in [7, 11) is -4.79. The number of anilines is 3. The zero-order chi connectivity index (χ0) is 47.7. The second-order valence-corrected chi connectivity index (χ2v) is 14.4. The summed E-state index contributed by atoms with van der Waals surface area (Å²) in [6.07, 6.45) is 1.60. The minimum Gasteiger partial charge on any atom is -0.746 e. The van der Waals surface area contributed by atoms with Gasteiger partial charge in [0.15, 0.2) is 22.8 Å². The maximum Gasteiger partial charge on any atom is 1.00 e. The van der Waals surface area contributed by atoms with Crippen molar-refractivity contribution in [1.29, 1.82) is 5.26 Å². The fourth-order valence-electron chi connectivity index (χ4n) is 4.74. The third kappa shape index (κ3) is 25.3. The molecule has 14 nitrogen and oxygen atoms in total. The van der Waals surface area contributed by atoms with Crippen molar-refractivity contribution in [1.82, 2.24) is 5.43 Å². The van der Waals surface area contributed by atoms with E-state index in [1.807, 2.05) is 12.1 Å². The average Bonchev–Trinajstić information content (AvgIpc) is 3.29. The number of benzene rings is 6. The van der Waals surface area contributed by atoms with Gasteiger partial charge in [-0.15, -0.1) is 0 Å². The van der Waals surface area contributed by atoms with Crippen molar-refractivity contribution in [2.24, 2.45) is 10.9 Å². The second-order valence-electron chi connectivity index (χ2n) is 13.0. The van der Waals surface area contributed by atoms with Gasteiger partial charge in [-0.1, -0.05) is 36.4 Å². The van der Waals surface area contributed by atoms with Crippen molar-refractivity contribution >= 4 is 59.2 Å². The summed E-state index contributed by atoms with van der Waals surface area (Å²) < 4.78 is 68.7. The number of carbonyl (C=O) groups is 3. The number of nitrogens with zero attached hydrogens (tertiary/aromatic N) is 2. The molecule has 3 radical (unpaired) electrons. The van der Waals surface area contributed by atoms with Crippen LogP contribution in [-0.4, -0.2) is 50.1 Å². The molecule has 6 aromatic rings. The Morgan fingerprint density at radius 3 is 1.39 bits per heavy atom. The van der Waals surface area contributed by atoms with Crippen LogP contribution in [-0.2, 0) is 16.7 Å². The van der Waals surface area contributed by atoms with E-state index in [0.717, 1.165) is 52.5 Å². The van der Waals surface area contributed by atoms with Crippen LogP contribution >= 0.6 is 0 Å². The number of carbonyl (C=O) groups excluding carboxylic acids is 3. The minimum absolute atomic E-state index is 0. The number of rotatable bonds is 13. The Hall–Kier alpha value is -5.47. The van der Waals surface area contributed by atoms with Gasteiger partial charge in [0.25, 0.3) is 0 Å². The third-order valence-electron chi connectivity index (χ3n) is 8.19. The summed E-state index contributed by atoms with van der Waals surface area (Å²) in [5, 5.41) is 19.2. The van der Waals surface area contributed by atoms with E-state index >= 15 is 0 Å². The van der Waals surface area contributed by atoms with E-state index in [9.17, 15) is 40.5 Å². The molecular weight excluding hydrogens is 908 g/mol. The first kappa shape index (κ1) is 63.6. The molecule has 67 heavy (non-hydrogen) atoms. The van der Waals surface area contributed by atoms with Crippen molar-refractivity contribution in [2.75, 3.05) is 16.3 Å². The first-order chi connectivity index (χ1) is 30.4. The summed E-state index contributed by atoms with van der Waals surface area (Å²) in [6.45, 7) is 9.92. The molecule has 0 amide bonds. The molecule has 0 saturated carbocycles. The Morgan fingerprint density at radius 2 is 1.01 bits per heavy atom. The van der Waals surface area contributed by atoms with Gasteiger partial charge in [0.05, 0.1) is 11.9 Å². The van der Waals surface area contributed by atoms with E-state index in [1.165, 1.54) is 45.0 Å². The van der Waals surface area contributed by atoms with Crippen LogP contribution in [0, 0.1) is 29.3 Å². The number of ketones is 3. The summed E-state index contributed by atoms with van der Waals surface area (Å²) in [5.74, 6) is 4.20. The van der Waals surface area contributed by atoms with Gasteiger partial charge in [0.1, 0.15) is 27.6 Å². The number of Topliss-reactive ketones (excluding diaryl/α,β-unsaturated/α-hetero) is 3. The molecule has 6 aromatic carbocycles. The predicted molar refractivity (Wildman–Crippen MR) is 243 cm³/mol. The molecule has 0 bridgehead atoms. The summed E-state index contributed by atoms with van der Waals surface area (Å²) in [4.78, 5) is 33.0. The summed E-state index contributed by atoms with van der Waals surface area (Å²) >= 11 is 0. The average molecular weight is 953 g/mol. The zero-order valence-corrected chi connectivity index (χ0v) is 42.0. The van der Waals surface area contributed by atoms with Crippen LogP contribution in [0.2, 0.25) is 0 Å². The second kappa shape index (κ2) is 33.9. The molecular formula is C46H44BF3N7Na2O7S. The van der Waals surface area contributed by atoms with Gasteiger partial charge in [-0.05, 0) is 147 Å². The number of hydrogen-bond donors (Lipinski definition) is 6. The number of nitrogens with one attached hydrogen (secondary N) is 4. The largest absolute Gasteiger partial charge is 1.00 e.